The molecule has 5 heteroatoms. The molecule has 0 fully saturated rings. The van der Waals surface area contributed by atoms with Crippen LogP contribution in [0.1, 0.15) is 23.7 Å². The molecule has 2 aromatic rings. The van der Waals surface area contributed by atoms with Crippen molar-refractivity contribution in [2.45, 2.75) is 19.9 Å². The van der Waals surface area contributed by atoms with Crippen LogP contribution in [0.15, 0.2) is 11.4 Å². The molecule has 2 aromatic heterocycles. The van der Waals surface area contributed by atoms with E-state index >= 15 is 0 Å². The van der Waals surface area contributed by atoms with Gasteiger partial charge in [0.2, 0.25) is 0 Å². The molecular formula is C9H12N4S. The molecule has 1 atom stereocenters. The average Bonchev–Trinajstić information content (AvgIpc) is 2.70. The van der Waals surface area contributed by atoms with Crippen molar-refractivity contribution in [2.75, 3.05) is 0 Å². The number of aryl methyl sites for hydroxylation is 1. The number of nitrogens with two attached hydrogens (primary N) is 1. The molecule has 3 N–H and O–H groups in total. The van der Waals surface area contributed by atoms with E-state index in [1.165, 1.54) is 4.88 Å². The Morgan fingerprint density at radius 2 is 2.36 bits per heavy atom. The van der Waals surface area contributed by atoms with Gasteiger partial charge >= 0.3 is 0 Å². The molecule has 0 aromatic carbocycles. The van der Waals surface area contributed by atoms with E-state index in [4.69, 9.17) is 5.73 Å². The minimum Gasteiger partial charge on any atom is -0.322 e. The van der Waals surface area contributed by atoms with E-state index in [2.05, 4.69) is 28.2 Å². The van der Waals surface area contributed by atoms with Crippen molar-refractivity contribution in [3.63, 3.8) is 0 Å². The molecule has 74 valence electrons. The third-order valence-corrected chi connectivity index (χ3v) is 2.78. The summed E-state index contributed by atoms with van der Waals surface area (Å²) < 4.78 is 0. The highest BCUT2D eigenvalue weighted by atomic mass is 32.1. The van der Waals surface area contributed by atoms with E-state index in [0.717, 1.165) is 17.2 Å². The van der Waals surface area contributed by atoms with Crippen LogP contribution >= 0.6 is 11.3 Å². The van der Waals surface area contributed by atoms with Gasteiger partial charge in [-0.15, -0.1) is 11.3 Å². The number of nitrogens with zero attached hydrogens (tertiary/aromatic N) is 2. The van der Waals surface area contributed by atoms with Gasteiger partial charge in [0.15, 0.2) is 5.82 Å². The second-order valence-corrected chi connectivity index (χ2v) is 4.39. The van der Waals surface area contributed by atoms with Crippen molar-refractivity contribution in [2.24, 2.45) is 5.73 Å². The summed E-state index contributed by atoms with van der Waals surface area (Å²) in [6, 6.07) is 1.97. The summed E-state index contributed by atoms with van der Waals surface area (Å²) >= 11 is 1.69. The second kappa shape index (κ2) is 3.51. The van der Waals surface area contributed by atoms with Crippen molar-refractivity contribution >= 4 is 11.3 Å². The third-order valence-electron chi connectivity index (χ3n) is 1.92. The van der Waals surface area contributed by atoms with E-state index in [1.54, 1.807) is 11.3 Å². The fourth-order valence-corrected chi connectivity index (χ4v) is 1.85. The molecule has 0 bridgehead atoms. The first-order valence-electron chi connectivity index (χ1n) is 4.40. The molecule has 0 aliphatic heterocycles. The Balaban J connectivity index is 2.33. The number of thiophene rings is 1. The van der Waals surface area contributed by atoms with Crippen LogP contribution in [0, 0.1) is 6.92 Å². The Morgan fingerprint density at radius 3 is 2.86 bits per heavy atom. The highest BCUT2D eigenvalue weighted by molar-refractivity contribution is 7.10. The van der Waals surface area contributed by atoms with Gasteiger partial charge in [-0.25, -0.2) is 4.98 Å². The Hall–Kier alpha value is -1.20. The van der Waals surface area contributed by atoms with E-state index in [1.807, 2.05) is 12.3 Å². The quantitative estimate of drug-likeness (QED) is 0.791. The van der Waals surface area contributed by atoms with Crippen molar-refractivity contribution in [3.8, 4) is 11.4 Å². The molecule has 0 saturated carbocycles. The molecule has 4 nitrogen and oxygen atoms in total. The first-order valence-corrected chi connectivity index (χ1v) is 5.28. The monoisotopic (exact) mass is 208 g/mol. The minimum absolute atomic E-state index is 0.101. The first kappa shape index (κ1) is 9.36. The molecule has 14 heavy (non-hydrogen) atoms. The maximum atomic E-state index is 5.68. The summed E-state index contributed by atoms with van der Waals surface area (Å²) in [6.45, 7) is 3.94. The number of nitrogens with one attached hydrogen (secondary N) is 1. The van der Waals surface area contributed by atoms with Crippen molar-refractivity contribution in [3.05, 3.63) is 22.1 Å². The summed E-state index contributed by atoms with van der Waals surface area (Å²) in [5.41, 5.74) is 6.73. The first-order chi connectivity index (χ1) is 6.66. The highest BCUT2D eigenvalue weighted by Crippen LogP contribution is 2.22. The highest BCUT2D eigenvalue weighted by Gasteiger charge is 2.09. The zero-order valence-electron chi connectivity index (χ0n) is 8.11. The number of hydrogen-bond donors (Lipinski definition) is 2. The molecule has 0 aliphatic carbocycles. The number of rotatable bonds is 2. The largest absolute Gasteiger partial charge is 0.322 e. The number of hydrogen-bond acceptors (Lipinski definition) is 4. The SMILES string of the molecule is Cc1cc(-c2n[nH]c(C(C)N)n2)cs1. The van der Waals surface area contributed by atoms with Gasteiger partial charge in [0.25, 0.3) is 0 Å². The van der Waals surface area contributed by atoms with Gasteiger partial charge in [0, 0.05) is 15.8 Å². The lowest BCUT2D eigenvalue weighted by Crippen LogP contribution is -2.06. The van der Waals surface area contributed by atoms with Gasteiger partial charge in [-0.1, -0.05) is 0 Å². The second-order valence-electron chi connectivity index (χ2n) is 3.28. The Morgan fingerprint density at radius 1 is 1.57 bits per heavy atom. The molecule has 0 spiro atoms. The summed E-state index contributed by atoms with van der Waals surface area (Å²) in [4.78, 5) is 5.56. The summed E-state index contributed by atoms with van der Waals surface area (Å²) in [5.74, 6) is 1.45. The van der Waals surface area contributed by atoms with E-state index in [0.29, 0.717) is 0 Å². The average molecular weight is 208 g/mol. The van der Waals surface area contributed by atoms with Crippen LogP contribution in [-0.4, -0.2) is 15.2 Å². The molecule has 0 saturated heterocycles. The van der Waals surface area contributed by atoms with Crippen LogP contribution in [0.4, 0.5) is 0 Å². The molecular weight excluding hydrogens is 196 g/mol. The fourth-order valence-electron chi connectivity index (χ4n) is 1.17. The normalized spacial score (nSPS) is 13.1. The Bertz CT molecular complexity index is 429. The predicted molar refractivity (Wildman–Crippen MR) is 57.0 cm³/mol. The van der Waals surface area contributed by atoms with Crippen LogP contribution in [0.5, 0.6) is 0 Å². The maximum absolute atomic E-state index is 5.68. The van der Waals surface area contributed by atoms with Crippen LogP contribution in [-0.2, 0) is 0 Å². The molecule has 2 heterocycles. The van der Waals surface area contributed by atoms with Crippen LogP contribution in [0.3, 0.4) is 0 Å². The summed E-state index contributed by atoms with van der Waals surface area (Å²) in [7, 11) is 0. The number of H-pyrrole nitrogens is 1. The van der Waals surface area contributed by atoms with Gasteiger partial charge in [-0.2, -0.15) is 5.10 Å². The Kier molecular flexibility index (Phi) is 2.35. The summed E-state index contributed by atoms with van der Waals surface area (Å²) in [6.07, 6.45) is 0. The van der Waals surface area contributed by atoms with Gasteiger partial charge < -0.3 is 5.73 Å². The number of aromatic nitrogens is 3. The lowest BCUT2D eigenvalue weighted by atomic mass is 10.3. The van der Waals surface area contributed by atoms with E-state index in [9.17, 15) is 0 Å². The third kappa shape index (κ3) is 1.69. The van der Waals surface area contributed by atoms with Crippen LogP contribution < -0.4 is 5.73 Å². The minimum atomic E-state index is -0.101. The molecule has 2 rings (SSSR count). The zero-order chi connectivity index (χ0) is 10.1. The van der Waals surface area contributed by atoms with Crippen molar-refractivity contribution in [1.29, 1.82) is 0 Å². The van der Waals surface area contributed by atoms with Crippen molar-refractivity contribution in [1.82, 2.24) is 15.2 Å². The summed E-state index contributed by atoms with van der Waals surface area (Å²) in [5, 5.41) is 8.99. The maximum Gasteiger partial charge on any atom is 0.182 e. The molecule has 0 amide bonds. The van der Waals surface area contributed by atoms with Gasteiger partial charge in [-0.05, 0) is 19.9 Å². The zero-order valence-corrected chi connectivity index (χ0v) is 8.93. The van der Waals surface area contributed by atoms with Gasteiger partial charge in [0.1, 0.15) is 5.82 Å². The van der Waals surface area contributed by atoms with Crippen LogP contribution in [0.2, 0.25) is 0 Å². The molecule has 1 unspecified atom stereocenters. The van der Waals surface area contributed by atoms with Crippen LogP contribution in [0.25, 0.3) is 11.4 Å². The smallest absolute Gasteiger partial charge is 0.182 e. The molecule has 0 radical (unpaired) electrons. The van der Waals surface area contributed by atoms with E-state index < -0.39 is 0 Å². The fraction of sp³-hybridized carbons (Fsp3) is 0.333. The predicted octanol–water partition coefficient (Wildman–Crippen LogP) is 1.86. The standard InChI is InChI=1S/C9H12N4S/c1-5-3-7(4-14-5)9-11-8(6(2)10)12-13-9/h3-4,6H,10H2,1-2H3,(H,11,12,13). The topological polar surface area (TPSA) is 67.6 Å². The Labute approximate surface area is 86.2 Å². The number of aromatic amines is 1. The van der Waals surface area contributed by atoms with Crippen molar-refractivity contribution < 1.29 is 0 Å². The van der Waals surface area contributed by atoms with Gasteiger partial charge in [-0.3, -0.25) is 5.10 Å². The molecule has 0 aliphatic rings. The lowest BCUT2D eigenvalue weighted by Gasteiger charge is -1.95. The van der Waals surface area contributed by atoms with Gasteiger partial charge in [0.05, 0.1) is 6.04 Å². The lowest BCUT2D eigenvalue weighted by molar-refractivity contribution is 0.745. The van der Waals surface area contributed by atoms with E-state index in [-0.39, 0.29) is 6.04 Å².